The second-order valence-electron chi connectivity index (χ2n) is 6.89. The molecule has 7 nitrogen and oxygen atoms in total. The van der Waals surface area contributed by atoms with E-state index in [1.54, 1.807) is 9.58 Å². The van der Waals surface area contributed by atoms with E-state index in [9.17, 15) is 4.79 Å². The highest BCUT2D eigenvalue weighted by atomic mass is 16.6. The minimum absolute atomic E-state index is 0.0257. The van der Waals surface area contributed by atoms with Crippen LogP contribution in [0.25, 0.3) is 0 Å². The first-order valence-electron chi connectivity index (χ1n) is 7.96. The molecule has 0 spiro atoms. The number of carbonyl (C=O) groups is 1. The lowest BCUT2D eigenvalue weighted by atomic mass is 10.0. The number of aryl methyl sites for hydroxylation is 1. The van der Waals surface area contributed by atoms with E-state index in [0.717, 1.165) is 11.3 Å². The summed E-state index contributed by atoms with van der Waals surface area (Å²) in [6.07, 6.45) is 7.44. The molecule has 0 bridgehead atoms. The Hall–Kier alpha value is -2.49. The highest BCUT2D eigenvalue weighted by molar-refractivity contribution is 5.80. The van der Waals surface area contributed by atoms with E-state index in [1.807, 2.05) is 27.7 Å². The molecule has 130 valence electrons. The molecule has 24 heavy (non-hydrogen) atoms. The molecule has 1 amide bonds. The zero-order valence-electron chi connectivity index (χ0n) is 14.6. The molecule has 7 heteroatoms. The summed E-state index contributed by atoms with van der Waals surface area (Å²) < 4.78 is 7.22. The molecule has 1 aliphatic heterocycles. The highest BCUT2D eigenvalue weighted by Gasteiger charge is 2.33. The maximum absolute atomic E-state index is 12.4. The van der Waals surface area contributed by atoms with Crippen LogP contribution in [0.5, 0.6) is 0 Å². The molecule has 1 aliphatic rings. The number of terminal acetylenes is 1. The summed E-state index contributed by atoms with van der Waals surface area (Å²) in [5, 5.41) is 16.6. The van der Waals surface area contributed by atoms with Crippen molar-refractivity contribution in [3.05, 3.63) is 17.0 Å². The Bertz CT molecular complexity index is 679. The van der Waals surface area contributed by atoms with Crippen molar-refractivity contribution in [1.82, 2.24) is 14.7 Å². The molecule has 2 rings (SSSR count). The maximum Gasteiger partial charge on any atom is 0.410 e. The number of ether oxygens (including phenoxy) is 1. The van der Waals surface area contributed by atoms with Gasteiger partial charge in [0.05, 0.1) is 30.7 Å². The van der Waals surface area contributed by atoms with Gasteiger partial charge in [-0.2, -0.15) is 5.10 Å². The Morgan fingerprint density at radius 3 is 2.88 bits per heavy atom. The Morgan fingerprint density at radius 2 is 2.29 bits per heavy atom. The first kappa shape index (κ1) is 17.9. The molecule has 2 heterocycles. The number of nitrogens with zero attached hydrogens (tertiary/aromatic N) is 4. The summed E-state index contributed by atoms with van der Waals surface area (Å²) in [6, 6.07) is -0.0257. The van der Waals surface area contributed by atoms with Crippen molar-refractivity contribution < 1.29 is 14.7 Å². The molecule has 1 atom stereocenters. The number of aromatic nitrogens is 2. The van der Waals surface area contributed by atoms with Gasteiger partial charge in [-0.3, -0.25) is 4.68 Å². The highest BCUT2D eigenvalue weighted by Crippen LogP contribution is 2.27. The molecule has 0 aromatic carbocycles. The Labute approximate surface area is 142 Å². The summed E-state index contributed by atoms with van der Waals surface area (Å²) in [6.45, 7) is 8.38. The number of hydrogen-bond acceptors (Lipinski definition) is 5. The quantitative estimate of drug-likeness (QED) is 0.399. The number of carbonyl (C=O) groups excluding carboxylic acids is 1. The average molecular weight is 332 g/mol. The SMILES string of the molecule is C#CCCn1nc2c(c1/C=N\O)CN(C(=O)OC(C)(C)C)[C@H](C)C2. The van der Waals surface area contributed by atoms with Crippen molar-refractivity contribution >= 4 is 12.3 Å². The Kier molecular flexibility index (Phi) is 5.17. The van der Waals surface area contributed by atoms with Gasteiger partial charge in [0.1, 0.15) is 5.60 Å². The van der Waals surface area contributed by atoms with Crippen LogP contribution in [0, 0.1) is 12.3 Å². The summed E-state index contributed by atoms with van der Waals surface area (Å²) >= 11 is 0. The minimum Gasteiger partial charge on any atom is -0.444 e. The smallest absolute Gasteiger partial charge is 0.410 e. The molecular weight excluding hydrogens is 308 g/mol. The second kappa shape index (κ2) is 6.95. The van der Waals surface area contributed by atoms with E-state index >= 15 is 0 Å². The van der Waals surface area contributed by atoms with Crippen LogP contribution in [0.3, 0.4) is 0 Å². The Balaban J connectivity index is 2.31. The topological polar surface area (TPSA) is 80.0 Å². The summed E-state index contributed by atoms with van der Waals surface area (Å²) in [4.78, 5) is 14.1. The predicted molar refractivity (Wildman–Crippen MR) is 90.0 cm³/mol. The third kappa shape index (κ3) is 3.88. The van der Waals surface area contributed by atoms with Gasteiger partial charge in [-0.05, 0) is 27.7 Å². The lowest BCUT2D eigenvalue weighted by Crippen LogP contribution is -2.45. The molecule has 1 N–H and O–H groups in total. The van der Waals surface area contributed by atoms with E-state index in [-0.39, 0.29) is 12.1 Å². The first-order chi connectivity index (χ1) is 11.3. The third-order valence-corrected chi connectivity index (χ3v) is 3.80. The summed E-state index contributed by atoms with van der Waals surface area (Å²) in [7, 11) is 0. The Morgan fingerprint density at radius 1 is 1.58 bits per heavy atom. The van der Waals surface area contributed by atoms with Gasteiger partial charge in [0.25, 0.3) is 0 Å². The minimum atomic E-state index is -0.552. The van der Waals surface area contributed by atoms with E-state index in [0.29, 0.717) is 31.6 Å². The van der Waals surface area contributed by atoms with Crippen molar-refractivity contribution in [2.75, 3.05) is 0 Å². The second-order valence-corrected chi connectivity index (χ2v) is 6.89. The molecule has 0 fully saturated rings. The van der Waals surface area contributed by atoms with Gasteiger partial charge in [0.15, 0.2) is 0 Å². The van der Waals surface area contributed by atoms with Crippen LogP contribution in [0.4, 0.5) is 4.79 Å². The molecule has 0 saturated heterocycles. The van der Waals surface area contributed by atoms with Gasteiger partial charge in [-0.15, -0.1) is 12.3 Å². The average Bonchev–Trinajstić information content (AvgIpc) is 2.79. The van der Waals surface area contributed by atoms with Gasteiger partial charge < -0.3 is 14.8 Å². The van der Waals surface area contributed by atoms with Gasteiger partial charge >= 0.3 is 6.09 Å². The fraction of sp³-hybridized carbons (Fsp3) is 0.588. The van der Waals surface area contributed by atoms with Crippen LogP contribution in [-0.4, -0.2) is 43.8 Å². The molecule has 0 radical (unpaired) electrons. The summed E-state index contributed by atoms with van der Waals surface area (Å²) in [5.41, 5.74) is 1.88. The van der Waals surface area contributed by atoms with Crippen molar-refractivity contribution in [3.8, 4) is 12.3 Å². The van der Waals surface area contributed by atoms with Crippen LogP contribution in [-0.2, 0) is 24.2 Å². The van der Waals surface area contributed by atoms with Crippen LogP contribution < -0.4 is 0 Å². The van der Waals surface area contributed by atoms with Crippen LogP contribution in [0.2, 0.25) is 0 Å². The summed E-state index contributed by atoms with van der Waals surface area (Å²) in [5.74, 6) is 2.58. The molecule has 0 unspecified atom stereocenters. The predicted octanol–water partition coefficient (Wildman–Crippen LogP) is 2.40. The fourth-order valence-corrected chi connectivity index (χ4v) is 2.72. The monoisotopic (exact) mass is 332 g/mol. The standard InChI is InChI=1S/C17H24N4O3/c1-6-7-8-21-15(10-18-23)13-11-20(12(2)9-14(13)19-21)16(22)24-17(3,4)5/h1,10,12,23H,7-9,11H2,2-5H3/b18-10-/t12-/m1/s1. The molecule has 1 aromatic heterocycles. The van der Waals surface area contributed by atoms with Crippen molar-refractivity contribution in [1.29, 1.82) is 0 Å². The van der Waals surface area contributed by atoms with Crippen molar-refractivity contribution in [2.24, 2.45) is 5.16 Å². The van der Waals surface area contributed by atoms with E-state index in [2.05, 4.69) is 16.2 Å². The maximum atomic E-state index is 12.4. The van der Waals surface area contributed by atoms with Gasteiger partial charge in [-0.25, -0.2) is 4.79 Å². The van der Waals surface area contributed by atoms with E-state index in [1.165, 1.54) is 6.21 Å². The molecular formula is C17H24N4O3. The lowest BCUT2D eigenvalue weighted by Gasteiger charge is -2.34. The van der Waals surface area contributed by atoms with Gasteiger partial charge in [-0.1, -0.05) is 5.16 Å². The molecule has 0 saturated carbocycles. The zero-order chi connectivity index (χ0) is 17.9. The molecule has 0 aliphatic carbocycles. The largest absolute Gasteiger partial charge is 0.444 e. The van der Waals surface area contributed by atoms with Crippen LogP contribution in [0.1, 0.15) is 51.1 Å². The van der Waals surface area contributed by atoms with E-state index < -0.39 is 5.60 Å². The number of hydrogen-bond donors (Lipinski definition) is 1. The first-order valence-corrected chi connectivity index (χ1v) is 7.96. The zero-order valence-corrected chi connectivity index (χ0v) is 14.6. The number of oxime groups is 1. The van der Waals surface area contributed by atoms with Crippen molar-refractivity contribution in [3.63, 3.8) is 0 Å². The van der Waals surface area contributed by atoms with Crippen LogP contribution >= 0.6 is 0 Å². The fourth-order valence-electron chi connectivity index (χ4n) is 2.72. The van der Waals surface area contributed by atoms with Gasteiger partial charge in [0, 0.05) is 24.4 Å². The number of fused-ring (bicyclic) bond motifs is 1. The number of rotatable bonds is 3. The van der Waals surface area contributed by atoms with Gasteiger partial charge in [0.2, 0.25) is 0 Å². The number of amides is 1. The van der Waals surface area contributed by atoms with Crippen LogP contribution in [0.15, 0.2) is 5.16 Å². The van der Waals surface area contributed by atoms with E-state index in [4.69, 9.17) is 16.4 Å². The van der Waals surface area contributed by atoms with Crippen molar-refractivity contribution in [2.45, 2.75) is 65.3 Å². The molecule has 1 aromatic rings. The third-order valence-electron chi connectivity index (χ3n) is 3.80. The normalized spacial score (nSPS) is 17.6. The lowest BCUT2D eigenvalue weighted by molar-refractivity contribution is 0.0137.